The molecule has 5 nitrogen and oxygen atoms in total. The third-order valence-corrected chi connectivity index (χ3v) is 6.30. The summed E-state index contributed by atoms with van der Waals surface area (Å²) in [5, 5.41) is 3.41. The average molecular weight is 305 g/mol. The van der Waals surface area contributed by atoms with E-state index in [1.165, 1.54) is 12.8 Å². The number of nitrogens with one attached hydrogen (secondary N) is 1. The summed E-state index contributed by atoms with van der Waals surface area (Å²) in [6, 6.07) is 0.813. The maximum Gasteiger partial charge on any atom is 0.237 e. The summed E-state index contributed by atoms with van der Waals surface area (Å²) in [6.07, 6.45) is 7.97. The van der Waals surface area contributed by atoms with Gasteiger partial charge in [-0.05, 0) is 64.6 Å². The standard InChI is InChI=1S/C17H27N3O2/c21-15-11-17(16(22)20(15)14-3-1-4-14)7-2-10-19(12-17)13-5-8-18-9-6-13/h13-14,18H,1-12H2. The first-order chi connectivity index (χ1) is 10.7. The number of hydrogen-bond donors (Lipinski definition) is 1. The van der Waals surface area contributed by atoms with Gasteiger partial charge in [0.2, 0.25) is 11.8 Å². The number of carbonyl (C=O) groups excluding carboxylic acids is 2. The number of carbonyl (C=O) groups is 2. The average Bonchev–Trinajstić information content (AvgIpc) is 2.71. The van der Waals surface area contributed by atoms with Crippen molar-refractivity contribution in [2.45, 2.75) is 63.5 Å². The minimum atomic E-state index is -0.393. The molecule has 0 aromatic heterocycles. The summed E-state index contributed by atoms with van der Waals surface area (Å²) < 4.78 is 0. The van der Waals surface area contributed by atoms with Crippen LogP contribution in [-0.2, 0) is 9.59 Å². The second-order valence-corrected chi connectivity index (χ2v) is 7.67. The van der Waals surface area contributed by atoms with E-state index in [2.05, 4.69) is 10.2 Å². The molecule has 0 aromatic carbocycles. The van der Waals surface area contributed by atoms with Crippen molar-refractivity contribution in [2.75, 3.05) is 26.2 Å². The Morgan fingerprint density at radius 3 is 2.45 bits per heavy atom. The van der Waals surface area contributed by atoms with Gasteiger partial charge in [-0.15, -0.1) is 0 Å². The first-order valence-corrected chi connectivity index (χ1v) is 9.01. The third kappa shape index (κ3) is 2.29. The van der Waals surface area contributed by atoms with Gasteiger partial charge in [-0.1, -0.05) is 0 Å². The van der Waals surface area contributed by atoms with Crippen molar-refractivity contribution < 1.29 is 9.59 Å². The highest BCUT2D eigenvalue weighted by molar-refractivity contribution is 6.06. The van der Waals surface area contributed by atoms with Gasteiger partial charge in [0.25, 0.3) is 0 Å². The van der Waals surface area contributed by atoms with Crippen molar-refractivity contribution >= 4 is 11.8 Å². The van der Waals surface area contributed by atoms with E-state index in [1.54, 1.807) is 4.90 Å². The first kappa shape index (κ1) is 14.6. The molecule has 0 bridgehead atoms. The van der Waals surface area contributed by atoms with Crippen LogP contribution in [0.3, 0.4) is 0 Å². The molecule has 3 saturated heterocycles. The zero-order valence-electron chi connectivity index (χ0n) is 13.4. The Labute approximate surface area is 132 Å². The van der Waals surface area contributed by atoms with E-state index in [0.717, 1.165) is 58.3 Å². The molecule has 1 saturated carbocycles. The van der Waals surface area contributed by atoms with E-state index in [1.807, 2.05) is 0 Å². The second-order valence-electron chi connectivity index (χ2n) is 7.67. The van der Waals surface area contributed by atoms with Gasteiger partial charge in [0, 0.05) is 25.0 Å². The summed E-state index contributed by atoms with van der Waals surface area (Å²) in [5.41, 5.74) is -0.393. The Kier molecular flexibility index (Phi) is 3.73. The zero-order valence-corrected chi connectivity index (χ0v) is 13.4. The lowest BCUT2D eigenvalue weighted by molar-refractivity contribution is -0.147. The molecule has 0 radical (unpaired) electrons. The van der Waals surface area contributed by atoms with Crippen LogP contribution in [0.15, 0.2) is 0 Å². The van der Waals surface area contributed by atoms with Crippen molar-refractivity contribution in [3.63, 3.8) is 0 Å². The minimum absolute atomic E-state index is 0.0989. The number of likely N-dealkylation sites (tertiary alicyclic amines) is 2. The number of imide groups is 1. The van der Waals surface area contributed by atoms with Crippen LogP contribution in [-0.4, -0.2) is 59.9 Å². The fraction of sp³-hybridized carbons (Fsp3) is 0.882. The number of hydrogen-bond acceptors (Lipinski definition) is 4. The Bertz CT molecular complexity index is 471. The summed E-state index contributed by atoms with van der Waals surface area (Å²) in [5.74, 6) is 0.252. The minimum Gasteiger partial charge on any atom is -0.317 e. The Balaban J connectivity index is 1.50. The van der Waals surface area contributed by atoms with Crippen molar-refractivity contribution in [1.29, 1.82) is 0 Å². The van der Waals surface area contributed by atoms with Gasteiger partial charge in [0.1, 0.15) is 0 Å². The molecule has 0 aromatic rings. The quantitative estimate of drug-likeness (QED) is 0.777. The SMILES string of the molecule is O=C1CC2(CCCN(C3CCNCC3)C2)C(=O)N1C1CCC1. The molecule has 1 spiro atoms. The lowest BCUT2D eigenvalue weighted by Gasteiger charge is -2.44. The van der Waals surface area contributed by atoms with Gasteiger partial charge < -0.3 is 5.32 Å². The van der Waals surface area contributed by atoms with Crippen LogP contribution in [0.1, 0.15) is 51.4 Å². The maximum atomic E-state index is 13.0. The lowest BCUT2D eigenvalue weighted by atomic mass is 9.77. The van der Waals surface area contributed by atoms with Crippen LogP contribution in [0, 0.1) is 5.41 Å². The Hall–Kier alpha value is -0.940. The Morgan fingerprint density at radius 2 is 1.77 bits per heavy atom. The maximum absolute atomic E-state index is 13.0. The third-order valence-electron chi connectivity index (χ3n) is 6.30. The number of rotatable bonds is 2. The summed E-state index contributed by atoms with van der Waals surface area (Å²) in [4.78, 5) is 29.6. The monoisotopic (exact) mass is 305 g/mol. The highest BCUT2D eigenvalue weighted by Crippen LogP contribution is 2.44. The van der Waals surface area contributed by atoms with Gasteiger partial charge in [-0.25, -0.2) is 0 Å². The fourth-order valence-electron chi connectivity index (χ4n) is 4.80. The number of piperidine rings is 2. The molecule has 3 heterocycles. The van der Waals surface area contributed by atoms with Gasteiger partial charge in [-0.3, -0.25) is 19.4 Å². The zero-order chi connectivity index (χ0) is 15.2. The van der Waals surface area contributed by atoms with Crippen molar-refractivity contribution in [3.8, 4) is 0 Å². The molecule has 1 atom stereocenters. The van der Waals surface area contributed by atoms with Gasteiger partial charge in [0.15, 0.2) is 0 Å². The fourth-order valence-corrected chi connectivity index (χ4v) is 4.80. The topological polar surface area (TPSA) is 52.7 Å². The van der Waals surface area contributed by atoms with E-state index in [0.29, 0.717) is 12.5 Å². The van der Waals surface area contributed by atoms with E-state index in [4.69, 9.17) is 0 Å². The molecular formula is C17H27N3O2. The van der Waals surface area contributed by atoms with Crippen LogP contribution in [0.5, 0.6) is 0 Å². The van der Waals surface area contributed by atoms with E-state index >= 15 is 0 Å². The lowest BCUT2D eigenvalue weighted by Crippen LogP contribution is -2.54. The van der Waals surface area contributed by atoms with Gasteiger partial charge in [0.05, 0.1) is 5.41 Å². The largest absolute Gasteiger partial charge is 0.317 e. The number of amides is 2. The summed E-state index contributed by atoms with van der Waals surface area (Å²) in [6.45, 7) is 4.06. The molecule has 1 aliphatic carbocycles. The van der Waals surface area contributed by atoms with Crippen LogP contribution in [0.2, 0.25) is 0 Å². The molecular weight excluding hydrogens is 278 g/mol. The van der Waals surface area contributed by atoms with E-state index in [-0.39, 0.29) is 17.9 Å². The van der Waals surface area contributed by atoms with Crippen LogP contribution in [0.25, 0.3) is 0 Å². The van der Waals surface area contributed by atoms with Gasteiger partial charge >= 0.3 is 0 Å². The van der Waals surface area contributed by atoms with E-state index < -0.39 is 5.41 Å². The highest BCUT2D eigenvalue weighted by atomic mass is 16.2. The van der Waals surface area contributed by atoms with Crippen LogP contribution >= 0.6 is 0 Å². The molecule has 1 N–H and O–H groups in total. The summed E-state index contributed by atoms with van der Waals surface area (Å²) >= 11 is 0. The van der Waals surface area contributed by atoms with Crippen molar-refractivity contribution in [1.82, 2.24) is 15.1 Å². The van der Waals surface area contributed by atoms with Crippen LogP contribution in [0.4, 0.5) is 0 Å². The first-order valence-electron chi connectivity index (χ1n) is 9.01. The molecule has 3 aliphatic heterocycles. The second kappa shape index (κ2) is 5.60. The molecule has 1 unspecified atom stereocenters. The smallest absolute Gasteiger partial charge is 0.237 e. The van der Waals surface area contributed by atoms with E-state index in [9.17, 15) is 9.59 Å². The predicted molar refractivity (Wildman–Crippen MR) is 83.2 cm³/mol. The van der Waals surface area contributed by atoms with Crippen LogP contribution < -0.4 is 5.32 Å². The molecule has 22 heavy (non-hydrogen) atoms. The highest BCUT2D eigenvalue weighted by Gasteiger charge is 2.55. The molecule has 4 fully saturated rings. The normalized spacial score (nSPS) is 35.4. The molecule has 4 rings (SSSR count). The molecule has 4 aliphatic rings. The van der Waals surface area contributed by atoms with Crippen molar-refractivity contribution in [3.05, 3.63) is 0 Å². The molecule has 122 valence electrons. The van der Waals surface area contributed by atoms with Crippen molar-refractivity contribution in [2.24, 2.45) is 5.41 Å². The number of nitrogens with zero attached hydrogens (tertiary/aromatic N) is 2. The Morgan fingerprint density at radius 1 is 1.00 bits per heavy atom. The van der Waals surface area contributed by atoms with Gasteiger partial charge in [-0.2, -0.15) is 0 Å². The summed E-state index contributed by atoms with van der Waals surface area (Å²) in [7, 11) is 0. The predicted octanol–water partition coefficient (Wildman–Crippen LogP) is 1.13. The molecule has 5 heteroatoms. The molecule has 2 amide bonds.